The van der Waals surface area contributed by atoms with Gasteiger partial charge >= 0.3 is 0 Å². The Morgan fingerprint density at radius 2 is 2.06 bits per heavy atom. The molecule has 0 saturated carbocycles. The summed E-state index contributed by atoms with van der Waals surface area (Å²) in [6.07, 6.45) is 3.52. The van der Waals surface area contributed by atoms with Crippen LogP contribution in [0.15, 0.2) is 47.5 Å². The Morgan fingerprint density at radius 3 is 2.78 bits per heavy atom. The second-order valence-electron chi connectivity index (χ2n) is 3.49. The Labute approximate surface area is 115 Å². The number of hydrogen-bond donors (Lipinski definition) is 1. The molecule has 1 amide bonds. The molecule has 18 heavy (non-hydrogen) atoms. The van der Waals surface area contributed by atoms with Gasteiger partial charge in [-0.2, -0.15) is 0 Å². The van der Waals surface area contributed by atoms with Crippen LogP contribution in [0.5, 0.6) is 0 Å². The lowest BCUT2D eigenvalue weighted by Crippen LogP contribution is -2.14. The van der Waals surface area contributed by atoms with Crippen molar-refractivity contribution in [2.24, 2.45) is 0 Å². The lowest BCUT2D eigenvalue weighted by atomic mass is 10.2. The average Bonchev–Trinajstić information content (AvgIpc) is 2.41. The first-order valence-corrected chi connectivity index (χ1v) is 6.87. The molecular formula is C13H11ClN2OS. The maximum atomic E-state index is 12.1. The molecule has 0 aliphatic heterocycles. The maximum absolute atomic E-state index is 12.1. The quantitative estimate of drug-likeness (QED) is 0.870. The first-order chi connectivity index (χ1) is 8.72. The summed E-state index contributed by atoms with van der Waals surface area (Å²) in [4.78, 5) is 17.1. The van der Waals surface area contributed by atoms with Crippen LogP contribution in [0.3, 0.4) is 0 Å². The predicted molar refractivity (Wildman–Crippen MR) is 75.4 cm³/mol. The molecule has 0 radical (unpaired) electrons. The molecular weight excluding hydrogens is 268 g/mol. The van der Waals surface area contributed by atoms with Gasteiger partial charge in [-0.25, -0.2) is 4.98 Å². The highest BCUT2D eigenvalue weighted by atomic mass is 35.5. The van der Waals surface area contributed by atoms with Crippen molar-refractivity contribution in [2.75, 3.05) is 11.6 Å². The minimum Gasteiger partial charge on any atom is -0.305 e. The van der Waals surface area contributed by atoms with Crippen molar-refractivity contribution in [3.05, 3.63) is 53.2 Å². The van der Waals surface area contributed by atoms with Crippen LogP contribution in [0.2, 0.25) is 5.02 Å². The molecule has 0 unspecified atom stereocenters. The van der Waals surface area contributed by atoms with Gasteiger partial charge in [0, 0.05) is 11.1 Å². The van der Waals surface area contributed by atoms with Gasteiger partial charge in [-0.15, -0.1) is 11.8 Å². The third-order valence-electron chi connectivity index (χ3n) is 2.34. The summed E-state index contributed by atoms with van der Waals surface area (Å²) in [5, 5.41) is 3.13. The van der Waals surface area contributed by atoms with E-state index in [1.54, 1.807) is 24.4 Å². The maximum Gasteiger partial charge on any atom is 0.257 e. The number of thioether (sulfide) groups is 1. The van der Waals surface area contributed by atoms with E-state index in [0.717, 1.165) is 4.90 Å². The highest BCUT2D eigenvalue weighted by Crippen LogP contribution is 2.22. The second kappa shape index (κ2) is 5.89. The van der Waals surface area contributed by atoms with Crippen molar-refractivity contribution < 1.29 is 4.79 Å². The van der Waals surface area contributed by atoms with E-state index >= 15 is 0 Å². The van der Waals surface area contributed by atoms with E-state index in [0.29, 0.717) is 16.4 Å². The number of halogens is 1. The van der Waals surface area contributed by atoms with Crippen LogP contribution in [-0.2, 0) is 0 Å². The lowest BCUT2D eigenvalue weighted by Gasteiger charge is -2.08. The molecule has 0 fully saturated rings. The van der Waals surface area contributed by atoms with E-state index in [9.17, 15) is 4.79 Å². The fraction of sp³-hybridized carbons (Fsp3) is 0.0769. The normalized spacial score (nSPS) is 10.1. The largest absolute Gasteiger partial charge is 0.305 e. The summed E-state index contributed by atoms with van der Waals surface area (Å²) in [6.45, 7) is 0. The van der Waals surface area contributed by atoms with E-state index in [-0.39, 0.29) is 5.91 Å². The van der Waals surface area contributed by atoms with Gasteiger partial charge in [-0.3, -0.25) is 4.79 Å². The third-order valence-corrected chi connectivity index (χ3v) is 3.44. The highest BCUT2D eigenvalue weighted by molar-refractivity contribution is 7.98. The van der Waals surface area contributed by atoms with Crippen LogP contribution in [0.4, 0.5) is 5.82 Å². The smallest absolute Gasteiger partial charge is 0.257 e. The summed E-state index contributed by atoms with van der Waals surface area (Å²) >= 11 is 7.47. The Kier molecular flexibility index (Phi) is 4.23. The molecule has 2 rings (SSSR count). The Balaban J connectivity index is 2.25. The molecule has 1 N–H and O–H groups in total. The van der Waals surface area contributed by atoms with Crippen LogP contribution >= 0.6 is 23.4 Å². The van der Waals surface area contributed by atoms with Crippen molar-refractivity contribution in [3.63, 3.8) is 0 Å². The molecule has 92 valence electrons. The lowest BCUT2D eigenvalue weighted by molar-refractivity contribution is 0.102. The number of benzene rings is 1. The summed E-state index contributed by atoms with van der Waals surface area (Å²) in [6, 6.07) is 10.8. The summed E-state index contributed by atoms with van der Waals surface area (Å²) in [7, 11) is 0. The van der Waals surface area contributed by atoms with E-state index in [2.05, 4.69) is 10.3 Å². The van der Waals surface area contributed by atoms with Crippen molar-refractivity contribution in [2.45, 2.75) is 4.90 Å². The fourth-order valence-electron chi connectivity index (χ4n) is 1.48. The molecule has 0 bridgehead atoms. The molecule has 0 spiro atoms. The number of hydrogen-bond acceptors (Lipinski definition) is 3. The zero-order chi connectivity index (χ0) is 13.0. The minimum absolute atomic E-state index is 0.208. The molecule has 0 aliphatic rings. The van der Waals surface area contributed by atoms with Gasteiger partial charge in [-0.1, -0.05) is 23.7 Å². The number of carbonyl (C=O) groups excluding carboxylic acids is 1. The third kappa shape index (κ3) is 2.83. The SMILES string of the molecule is CSc1ccccc1C(=O)Nc1ncccc1Cl. The first-order valence-electron chi connectivity index (χ1n) is 5.27. The Bertz CT molecular complexity index is 574. The summed E-state index contributed by atoms with van der Waals surface area (Å²) < 4.78 is 0. The van der Waals surface area contributed by atoms with Gasteiger partial charge in [0.2, 0.25) is 0 Å². The number of nitrogens with zero attached hydrogens (tertiary/aromatic N) is 1. The molecule has 0 atom stereocenters. The molecule has 2 aromatic rings. The number of amides is 1. The summed E-state index contributed by atoms with van der Waals surface area (Å²) in [5.41, 5.74) is 0.617. The minimum atomic E-state index is -0.208. The zero-order valence-corrected chi connectivity index (χ0v) is 11.3. The number of anilines is 1. The first kappa shape index (κ1) is 12.9. The van der Waals surface area contributed by atoms with Crippen molar-refractivity contribution in [1.82, 2.24) is 4.98 Å². The zero-order valence-electron chi connectivity index (χ0n) is 9.68. The molecule has 1 aromatic heterocycles. The van der Waals surface area contributed by atoms with Gasteiger partial charge in [0.15, 0.2) is 5.82 Å². The Morgan fingerprint density at radius 1 is 1.28 bits per heavy atom. The van der Waals surface area contributed by atoms with Crippen LogP contribution in [0.1, 0.15) is 10.4 Å². The standard InChI is InChI=1S/C13H11ClN2OS/c1-18-11-7-3-2-5-9(11)13(17)16-12-10(14)6-4-8-15-12/h2-8H,1H3,(H,15,16,17). The van der Waals surface area contributed by atoms with Gasteiger partial charge in [-0.05, 0) is 30.5 Å². The average molecular weight is 279 g/mol. The molecule has 5 heteroatoms. The topological polar surface area (TPSA) is 42.0 Å². The van der Waals surface area contributed by atoms with Crippen LogP contribution in [0, 0.1) is 0 Å². The van der Waals surface area contributed by atoms with Crippen LogP contribution in [-0.4, -0.2) is 17.1 Å². The van der Waals surface area contributed by atoms with Gasteiger partial charge in [0.25, 0.3) is 5.91 Å². The van der Waals surface area contributed by atoms with Crippen molar-refractivity contribution >= 4 is 35.1 Å². The van der Waals surface area contributed by atoms with E-state index < -0.39 is 0 Å². The predicted octanol–water partition coefficient (Wildman–Crippen LogP) is 3.71. The molecule has 3 nitrogen and oxygen atoms in total. The monoisotopic (exact) mass is 278 g/mol. The number of aromatic nitrogens is 1. The molecule has 0 aliphatic carbocycles. The van der Waals surface area contributed by atoms with Crippen molar-refractivity contribution in [1.29, 1.82) is 0 Å². The summed E-state index contributed by atoms with van der Waals surface area (Å²) in [5.74, 6) is 0.167. The van der Waals surface area contributed by atoms with Crippen LogP contribution in [0.25, 0.3) is 0 Å². The molecule has 1 heterocycles. The highest BCUT2D eigenvalue weighted by Gasteiger charge is 2.12. The van der Waals surface area contributed by atoms with Gasteiger partial charge in [0.1, 0.15) is 0 Å². The number of pyridine rings is 1. The van der Waals surface area contributed by atoms with E-state index in [1.807, 2.05) is 24.5 Å². The number of nitrogens with one attached hydrogen (secondary N) is 1. The van der Waals surface area contributed by atoms with Crippen molar-refractivity contribution in [3.8, 4) is 0 Å². The Hall–Kier alpha value is -1.52. The van der Waals surface area contributed by atoms with E-state index in [4.69, 9.17) is 11.6 Å². The van der Waals surface area contributed by atoms with Crippen LogP contribution < -0.4 is 5.32 Å². The fourth-order valence-corrected chi connectivity index (χ4v) is 2.25. The molecule has 1 aromatic carbocycles. The van der Waals surface area contributed by atoms with E-state index in [1.165, 1.54) is 11.8 Å². The number of carbonyl (C=O) groups is 1. The number of rotatable bonds is 3. The van der Waals surface area contributed by atoms with Gasteiger partial charge in [0.05, 0.1) is 10.6 Å². The second-order valence-corrected chi connectivity index (χ2v) is 4.74. The molecule has 0 saturated heterocycles. The van der Waals surface area contributed by atoms with Gasteiger partial charge < -0.3 is 5.32 Å².